The molecule has 2 unspecified atom stereocenters. The van der Waals surface area contributed by atoms with E-state index in [1.165, 1.54) is 6.42 Å². The number of nitrogens with zero attached hydrogens (tertiary/aromatic N) is 1. The molecule has 0 saturated carbocycles. The zero-order valence-electron chi connectivity index (χ0n) is 14.8. The maximum Gasteiger partial charge on any atom is 0.0467 e. The highest BCUT2D eigenvalue weighted by atomic mass is 16.5. The molecule has 1 aliphatic rings. The van der Waals surface area contributed by atoms with Crippen LogP contribution in [0.2, 0.25) is 0 Å². The predicted octanol–water partition coefficient (Wildman–Crippen LogP) is 3.15. The Kier molecular flexibility index (Phi) is 6.49. The summed E-state index contributed by atoms with van der Waals surface area (Å²) in [5, 5.41) is 3.77. The molecule has 0 aromatic carbocycles. The fraction of sp³-hybridized carbons (Fsp3) is 1.00. The fourth-order valence-corrected chi connectivity index (χ4v) is 3.18. The maximum atomic E-state index is 5.27. The Morgan fingerprint density at radius 1 is 1.40 bits per heavy atom. The third-order valence-electron chi connectivity index (χ3n) is 4.92. The molecule has 0 amide bonds. The van der Waals surface area contributed by atoms with Gasteiger partial charge in [0.25, 0.3) is 0 Å². The van der Waals surface area contributed by atoms with Gasteiger partial charge in [-0.25, -0.2) is 0 Å². The van der Waals surface area contributed by atoms with Crippen LogP contribution in [0.4, 0.5) is 0 Å². The van der Waals surface area contributed by atoms with Gasteiger partial charge in [-0.15, -0.1) is 0 Å². The third kappa shape index (κ3) is 5.01. The fourth-order valence-electron chi connectivity index (χ4n) is 3.18. The summed E-state index contributed by atoms with van der Waals surface area (Å²) in [5.74, 6) is 0.696. The van der Waals surface area contributed by atoms with Crippen LogP contribution in [0.1, 0.15) is 54.4 Å². The minimum Gasteiger partial charge on any atom is -0.385 e. The van der Waals surface area contributed by atoms with Crippen molar-refractivity contribution in [1.29, 1.82) is 0 Å². The zero-order chi connectivity index (χ0) is 15.4. The van der Waals surface area contributed by atoms with E-state index >= 15 is 0 Å². The van der Waals surface area contributed by atoms with E-state index in [4.69, 9.17) is 4.74 Å². The van der Waals surface area contributed by atoms with E-state index in [1.807, 2.05) is 0 Å². The molecule has 0 spiro atoms. The van der Waals surface area contributed by atoms with Crippen molar-refractivity contribution in [1.82, 2.24) is 10.2 Å². The molecule has 1 rings (SSSR count). The molecule has 3 nitrogen and oxygen atoms in total. The van der Waals surface area contributed by atoms with Crippen molar-refractivity contribution in [3.8, 4) is 0 Å². The zero-order valence-corrected chi connectivity index (χ0v) is 14.8. The topological polar surface area (TPSA) is 24.5 Å². The van der Waals surface area contributed by atoms with Crippen molar-refractivity contribution < 1.29 is 4.74 Å². The number of ether oxygens (including phenoxy) is 1. The summed E-state index contributed by atoms with van der Waals surface area (Å²) < 4.78 is 5.27. The number of hydrogen-bond donors (Lipinski definition) is 1. The Morgan fingerprint density at radius 2 is 2.05 bits per heavy atom. The first-order valence-corrected chi connectivity index (χ1v) is 8.21. The Morgan fingerprint density at radius 3 is 2.55 bits per heavy atom. The van der Waals surface area contributed by atoms with Crippen LogP contribution in [0, 0.1) is 11.3 Å². The highest BCUT2D eigenvalue weighted by Crippen LogP contribution is 2.29. The molecule has 1 fully saturated rings. The van der Waals surface area contributed by atoms with Gasteiger partial charge in [0.1, 0.15) is 0 Å². The van der Waals surface area contributed by atoms with Crippen molar-refractivity contribution in [3.63, 3.8) is 0 Å². The van der Waals surface area contributed by atoms with Gasteiger partial charge in [0.2, 0.25) is 0 Å². The minimum absolute atomic E-state index is 0.267. The molecule has 120 valence electrons. The number of nitrogens with one attached hydrogen (secondary N) is 1. The van der Waals surface area contributed by atoms with Gasteiger partial charge in [-0.2, -0.15) is 0 Å². The first-order valence-electron chi connectivity index (χ1n) is 8.21. The second-order valence-electron chi connectivity index (χ2n) is 7.92. The second-order valence-corrected chi connectivity index (χ2v) is 7.92. The maximum absolute atomic E-state index is 5.27. The van der Waals surface area contributed by atoms with Crippen LogP contribution in [0.3, 0.4) is 0 Å². The first-order chi connectivity index (χ1) is 9.23. The molecule has 0 aromatic heterocycles. The average molecular weight is 284 g/mol. The summed E-state index contributed by atoms with van der Waals surface area (Å²) >= 11 is 0. The number of rotatable bonds is 7. The SMILES string of the molecule is CCC1(C)CN(CC(C)(C)CCOC)C(C(C)C)CN1. The first kappa shape index (κ1) is 17.9. The van der Waals surface area contributed by atoms with Crippen molar-refractivity contribution >= 4 is 0 Å². The van der Waals surface area contributed by atoms with Gasteiger partial charge in [-0.05, 0) is 31.1 Å². The van der Waals surface area contributed by atoms with Crippen molar-refractivity contribution in [3.05, 3.63) is 0 Å². The van der Waals surface area contributed by atoms with Gasteiger partial charge in [0, 0.05) is 44.9 Å². The van der Waals surface area contributed by atoms with Crippen molar-refractivity contribution in [2.75, 3.05) is 33.4 Å². The summed E-state index contributed by atoms with van der Waals surface area (Å²) in [6.07, 6.45) is 2.31. The van der Waals surface area contributed by atoms with E-state index in [0.29, 0.717) is 17.4 Å². The Labute approximate surface area is 126 Å². The molecule has 1 heterocycles. The van der Waals surface area contributed by atoms with Gasteiger partial charge < -0.3 is 10.1 Å². The molecule has 0 aliphatic carbocycles. The van der Waals surface area contributed by atoms with Gasteiger partial charge in [-0.1, -0.05) is 34.6 Å². The molecule has 0 aromatic rings. The quantitative estimate of drug-likeness (QED) is 0.777. The van der Waals surface area contributed by atoms with E-state index in [0.717, 1.165) is 32.7 Å². The molecule has 3 heteroatoms. The summed E-state index contributed by atoms with van der Waals surface area (Å²) in [5.41, 5.74) is 0.581. The van der Waals surface area contributed by atoms with E-state index in [1.54, 1.807) is 7.11 Å². The Balaban J connectivity index is 2.74. The summed E-state index contributed by atoms with van der Waals surface area (Å²) in [6.45, 7) is 18.4. The normalized spacial score (nSPS) is 29.1. The van der Waals surface area contributed by atoms with Crippen LogP contribution < -0.4 is 5.32 Å². The van der Waals surface area contributed by atoms with Crippen molar-refractivity contribution in [2.45, 2.75) is 66.0 Å². The minimum atomic E-state index is 0.267. The van der Waals surface area contributed by atoms with Crippen molar-refractivity contribution in [2.24, 2.45) is 11.3 Å². The lowest BCUT2D eigenvalue weighted by atomic mass is 9.84. The lowest BCUT2D eigenvalue weighted by molar-refractivity contribution is 0.0223. The molecular weight excluding hydrogens is 248 g/mol. The third-order valence-corrected chi connectivity index (χ3v) is 4.92. The van der Waals surface area contributed by atoms with E-state index in [9.17, 15) is 0 Å². The largest absolute Gasteiger partial charge is 0.385 e. The summed E-state index contributed by atoms with van der Waals surface area (Å²) in [6, 6.07) is 0.649. The Hall–Kier alpha value is -0.120. The van der Waals surface area contributed by atoms with Crippen LogP contribution in [0.25, 0.3) is 0 Å². The highest BCUT2D eigenvalue weighted by Gasteiger charge is 2.37. The van der Waals surface area contributed by atoms with E-state index in [-0.39, 0.29) is 5.54 Å². The van der Waals surface area contributed by atoms with E-state index in [2.05, 4.69) is 51.8 Å². The van der Waals surface area contributed by atoms with Gasteiger partial charge >= 0.3 is 0 Å². The molecule has 1 N–H and O–H groups in total. The molecule has 0 radical (unpaired) electrons. The van der Waals surface area contributed by atoms with E-state index < -0.39 is 0 Å². The van der Waals surface area contributed by atoms with Gasteiger partial charge in [0.05, 0.1) is 0 Å². The summed E-state index contributed by atoms with van der Waals surface area (Å²) in [7, 11) is 1.80. The highest BCUT2D eigenvalue weighted by molar-refractivity contribution is 4.96. The van der Waals surface area contributed by atoms with Crippen LogP contribution in [0.15, 0.2) is 0 Å². The Bertz CT molecular complexity index is 291. The number of hydrogen-bond acceptors (Lipinski definition) is 3. The second kappa shape index (κ2) is 7.24. The smallest absolute Gasteiger partial charge is 0.0467 e. The predicted molar refractivity (Wildman–Crippen MR) is 87.2 cm³/mol. The van der Waals surface area contributed by atoms with Gasteiger partial charge in [-0.3, -0.25) is 4.90 Å². The van der Waals surface area contributed by atoms with Crippen LogP contribution in [-0.4, -0.2) is 49.8 Å². The van der Waals surface area contributed by atoms with Crippen LogP contribution >= 0.6 is 0 Å². The molecule has 2 atom stereocenters. The van der Waals surface area contributed by atoms with Crippen LogP contribution in [0.5, 0.6) is 0 Å². The molecule has 1 saturated heterocycles. The molecule has 20 heavy (non-hydrogen) atoms. The monoisotopic (exact) mass is 284 g/mol. The number of piperazine rings is 1. The lowest BCUT2D eigenvalue weighted by Gasteiger charge is -2.49. The van der Waals surface area contributed by atoms with Crippen LogP contribution in [-0.2, 0) is 4.74 Å². The molecular formula is C17H36N2O. The summed E-state index contributed by atoms with van der Waals surface area (Å²) in [4.78, 5) is 2.72. The average Bonchev–Trinajstić information content (AvgIpc) is 2.35. The molecule has 0 bridgehead atoms. The lowest BCUT2D eigenvalue weighted by Crippen LogP contribution is -2.65. The standard InChI is InChI=1S/C17H36N2O/c1-8-17(6)13-19(15(11-18-17)14(2)3)12-16(4,5)9-10-20-7/h14-15,18H,8-13H2,1-7H3. The van der Waals surface area contributed by atoms with Gasteiger partial charge in [0.15, 0.2) is 0 Å². The molecule has 1 aliphatic heterocycles. The number of methoxy groups -OCH3 is 1.